The zero-order chi connectivity index (χ0) is 17.6. The number of hydrogen-bond donors (Lipinski definition) is 1. The van der Waals surface area contributed by atoms with E-state index in [0.29, 0.717) is 15.8 Å². The fourth-order valence-corrected chi connectivity index (χ4v) is 4.51. The number of fused-ring (bicyclic) bond motifs is 1. The number of carboxylic acids is 1. The Morgan fingerprint density at radius 3 is 2.72 bits per heavy atom. The predicted octanol–water partition coefficient (Wildman–Crippen LogP) is 4.55. The van der Waals surface area contributed by atoms with Crippen molar-refractivity contribution < 1.29 is 9.90 Å². The SMILES string of the molecule is Cc1cc(-n2c(Br)nnc2SCC(=O)O)c2ccccc2c1C1CC1. The van der Waals surface area contributed by atoms with Gasteiger partial charge in [-0.3, -0.25) is 9.36 Å². The highest BCUT2D eigenvalue weighted by Gasteiger charge is 2.28. The van der Waals surface area contributed by atoms with Gasteiger partial charge in [0.15, 0.2) is 5.16 Å². The van der Waals surface area contributed by atoms with E-state index in [2.05, 4.69) is 57.3 Å². The van der Waals surface area contributed by atoms with Crippen LogP contribution < -0.4 is 0 Å². The summed E-state index contributed by atoms with van der Waals surface area (Å²) in [4.78, 5) is 10.9. The number of benzene rings is 2. The van der Waals surface area contributed by atoms with Gasteiger partial charge in [0.25, 0.3) is 0 Å². The van der Waals surface area contributed by atoms with Crippen LogP contribution in [0.15, 0.2) is 40.2 Å². The normalized spacial score (nSPS) is 14.2. The van der Waals surface area contributed by atoms with Gasteiger partial charge < -0.3 is 5.11 Å². The summed E-state index contributed by atoms with van der Waals surface area (Å²) >= 11 is 4.63. The van der Waals surface area contributed by atoms with Crippen LogP contribution in [0.4, 0.5) is 0 Å². The van der Waals surface area contributed by atoms with Gasteiger partial charge in [-0.2, -0.15) is 0 Å². The van der Waals surface area contributed by atoms with Crippen LogP contribution in [0, 0.1) is 6.92 Å². The molecule has 1 aliphatic rings. The topological polar surface area (TPSA) is 68.0 Å². The summed E-state index contributed by atoms with van der Waals surface area (Å²) in [6.45, 7) is 2.14. The van der Waals surface area contributed by atoms with Crippen LogP contribution in [0.3, 0.4) is 0 Å². The van der Waals surface area contributed by atoms with Gasteiger partial charge in [-0.15, -0.1) is 10.2 Å². The van der Waals surface area contributed by atoms with Crippen molar-refractivity contribution >= 4 is 44.4 Å². The second-order valence-electron chi connectivity index (χ2n) is 6.22. The van der Waals surface area contributed by atoms with E-state index in [1.54, 1.807) is 0 Å². The minimum atomic E-state index is -0.874. The Kier molecular flexibility index (Phi) is 4.29. The molecule has 1 aromatic heterocycles. The van der Waals surface area contributed by atoms with Gasteiger partial charge in [-0.25, -0.2) is 0 Å². The van der Waals surface area contributed by atoms with Crippen LogP contribution in [-0.2, 0) is 4.79 Å². The Balaban J connectivity index is 1.92. The molecule has 0 amide bonds. The van der Waals surface area contributed by atoms with Crippen LogP contribution in [0.2, 0.25) is 0 Å². The van der Waals surface area contributed by atoms with E-state index < -0.39 is 5.97 Å². The highest BCUT2D eigenvalue weighted by Crippen LogP contribution is 2.46. The van der Waals surface area contributed by atoms with Crippen molar-refractivity contribution in [3.8, 4) is 5.69 Å². The summed E-state index contributed by atoms with van der Waals surface area (Å²) in [5, 5.41) is 20.2. The van der Waals surface area contributed by atoms with E-state index >= 15 is 0 Å². The van der Waals surface area contributed by atoms with Crippen LogP contribution in [-0.4, -0.2) is 31.6 Å². The molecule has 3 aromatic rings. The zero-order valence-electron chi connectivity index (χ0n) is 13.6. The molecule has 0 radical (unpaired) electrons. The maximum atomic E-state index is 10.9. The molecule has 7 heteroatoms. The molecule has 1 fully saturated rings. The van der Waals surface area contributed by atoms with E-state index in [-0.39, 0.29) is 5.75 Å². The van der Waals surface area contributed by atoms with Crippen molar-refractivity contribution in [2.24, 2.45) is 0 Å². The third kappa shape index (κ3) is 3.06. The molecule has 0 aliphatic heterocycles. The van der Waals surface area contributed by atoms with Crippen molar-refractivity contribution in [3.05, 3.63) is 46.2 Å². The monoisotopic (exact) mass is 417 g/mol. The van der Waals surface area contributed by atoms with Crippen LogP contribution >= 0.6 is 27.7 Å². The first-order valence-electron chi connectivity index (χ1n) is 8.04. The largest absolute Gasteiger partial charge is 0.481 e. The molecule has 1 N–H and O–H groups in total. The summed E-state index contributed by atoms with van der Waals surface area (Å²) < 4.78 is 2.46. The zero-order valence-corrected chi connectivity index (χ0v) is 16.0. The first-order chi connectivity index (χ1) is 12.1. The Morgan fingerprint density at radius 1 is 1.32 bits per heavy atom. The standard InChI is InChI=1S/C18H16BrN3O2S/c1-10-8-14(22-17(19)20-21-18(22)25-9-15(23)24)12-4-2-3-5-13(12)16(10)11-6-7-11/h2-5,8,11H,6-7,9H2,1H3,(H,23,24). The number of hydrogen-bond acceptors (Lipinski definition) is 4. The Bertz CT molecular complexity index is 982. The number of carboxylic acid groups (broad SMARTS) is 1. The van der Waals surface area contributed by atoms with Gasteiger partial charge in [0, 0.05) is 5.39 Å². The summed E-state index contributed by atoms with van der Waals surface area (Å²) in [5.74, 6) is -0.271. The molecule has 25 heavy (non-hydrogen) atoms. The molecule has 1 saturated carbocycles. The summed E-state index contributed by atoms with van der Waals surface area (Å²) in [6, 6.07) is 10.5. The number of aliphatic carboxylic acids is 1. The lowest BCUT2D eigenvalue weighted by molar-refractivity contribution is -0.133. The molecule has 128 valence electrons. The van der Waals surface area contributed by atoms with Crippen LogP contribution in [0.1, 0.15) is 29.9 Å². The number of aromatic nitrogens is 3. The lowest BCUT2D eigenvalue weighted by Gasteiger charge is -2.16. The average molecular weight is 418 g/mol. The number of nitrogens with zero attached hydrogens (tertiary/aromatic N) is 3. The van der Waals surface area contributed by atoms with Crippen LogP contribution in [0.5, 0.6) is 0 Å². The molecule has 5 nitrogen and oxygen atoms in total. The second kappa shape index (κ2) is 6.46. The fraction of sp³-hybridized carbons (Fsp3) is 0.278. The molecule has 0 unspecified atom stereocenters. The molecule has 0 bridgehead atoms. The number of thioether (sulfide) groups is 1. The van der Waals surface area contributed by atoms with Gasteiger partial charge in [0.05, 0.1) is 11.4 Å². The number of carbonyl (C=O) groups is 1. The second-order valence-corrected chi connectivity index (χ2v) is 7.87. The Morgan fingerprint density at radius 2 is 2.04 bits per heavy atom. The number of rotatable bonds is 5. The molecule has 4 rings (SSSR count). The molecule has 0 spiro atoms. The molecular weight excluding hydrogens is 402 g/mol. The van der Waals surface area contributed by atoms with Gasteiger partial charge in [-0.1, -0.05) is 36.0 Å². The Hall–Kier alpha value is -1.86. The van der Waals surface area contributed by atoms with Gasteiger partial charge in [0.1, 0.15) is 0 Å². The van der Waals surface area contributed by atoms with Gasteiger partial charge in [0.2, 0.25) is 4.73 Å². The predicted molar refractivity (Wildman–Crippen MR) is 102 cm³/mol. The summed E-state index contributed by atoms with van der Waals surface area (Å²) in [5.41, 5.74) is 3.66. The van der Waals surface area contributed by atoms with Crippen molar-refractivity contribution in [3.63, 3.8) is 0 Å². The van der Waals surface area contributed by atoms with Gasteiger partial charge >= 0.3 is 5.97 Å². The number of halogens is 1. The molecule has 1 aliphatic carbocycles. The lowest BCUT2D eigenvalue weighted by Crippen LogP contribution is -2.04. The third-order valence-electron chi connectivity index (χ3n) is 4.42. The first kappa shape index (κ1) is 16.6. The maximum Gasteiger partial charge on any atom is 0.313 e. The maximum absolute atomic E-state index is 10.9. The van der Waals surface area contributed by atoms with Crippen molar-refractivity contribution in [1.82, 2.24) is 14.8 Å². The van der Waals surface area contributed by atoms with E-state index in [0.717, 1.165) is 11.1 Å². The summed E-state index contributed by atoms with van der Waals surface area (Å²) in [6.07, 6.45) is 2.50. The Labute approximate surface area is 157 Å². The van der Waals surface area contributed by atoms with Crippen molar-refractivity contribution in [2.75, 3.05) is 5.75 Å². The van der Waals surface area contributed by atoms with E-state index in [4.69, 9.17) is 5.11 Å². The highest BCUT2D eigenvalue weighted by atomic mass is 79.9. The van der Waals surface area contributed by atoms with Gasteiger partial charge in [-0.05, 0) is 64.2 Å². The third-order valence-corrected chi connectivity index (χ3v) is 5.84. The van der Waals surface area contributed by atoms with E-state index in [1.807, 2.05) is 10.6 Å². The minimum absolute atomic E-state index is 0.0534. The fourth-order valence-electron chi connectivity index (χ4n) is 3.29. The molecule has 0 saturated heterocycles. The quantitative estimate of drug-likeness (QED) is 0.616. The lowest BCUT2D eigenvalue weighted by atomic mass is 9.95. The highest BCUT2D eigenvalue weighted by molar-refractivity contribution is 9.10. The first-order valence-corrected chi connectivity index (χ1v) is 9.82. The average Bonchev–Trinajstić information content (AvgIpc) is 3.35. The van der Waals surface area contributed by atoms with Crippen molar-refractivity contribution in [2.45, 2.75) is 30.8 Å². The molecule has 1 heterocycles. The number of aryl methyl sites for hydroxylation is 1. The molecule has 2 aromatic carbocycles. The van der Waals surface area contributed by atoms with Crippen LogP contribution in [0.25, 0.3) is 16.5 Å². The van der Waals surface area contributed by atoms with E-state index in [1.165, 1.54) is 41.1 Å². The van der Waals surface area contributed by atoms with Crippen molar-refractivity contribution in [1.29, 1.82) is 0 Å². The minimum Gasteiger partial charge on any atom is -0.481 e. The molecule has 0 atom stereocenters. The van der Waals surface area contributed by atoms with E-state index in [9.17, 15) is 4.79 Å². The molecular formula is C18H16BrN3O2S. The summed E-state index contributed by atoms with van der Waals surface area (Å²) in [7, 11) is 0. The smallest absolute Gasteiger partial charge is 0.313 e.